The van der Waals surface area contributed by atoms with E-state index >= 15 is 0 Å². The van der Waals surface area contributed by atoms with Gasteiger partial charge in [-0.3, -0.25) is 4.79 Å². The van der Waals surface area contributed by atoms with E-state index in [1.807, 2.05) is 30.3 Å². The average molecular weight is 324 g/mol. The summed E-state index contributed by atoms with van der Waals surface area (Å²) in [6, 6.07) is 15.3. The number of benzene rings is 2. The van der Waals surface area contributed by atoms with Crippen LogP contribution < -0.4 is 5.32 Å². The van der Waals surface area contributed by atoms with Gasteiger partial charge >= 0.3 is 0 Å². The standard InChI is InChI=1S/C15H14ClNO3S/c16-21(19,20)14-8-6-13(7-9-14)15(18)17-11-10-12-4-2-1-3-5-12/h1-9H,10-11H2,(H,17,18). The summed E-state index contributed by atoms with van der Waals surface area (Å²) in [4.78, 5) is 11.9. The second kappa shape index (κ2) is 6.74. The third-order valence-electron chi connectivity index (χ3n) is 2.94. The lowest BCUT2D eigenvalue weighted by Crippen LogP contribution is -2.25. The van der Waals surface area contributed by atoms with Crippen molar-refractivity contribution in [3.05, 3.63) is 65.7 Å². The first-order valence-electron chi connectivity index (χ1n) is 6.34. The van der Waals surface area contributed by atoms with Crippen molar-refractivity contribution in [1.29, 1.82) is 0 Å². The molecule has 0 aliphatic carbocycles. The molecular formula is C15H14ClNO3S. The van der Waals surface area contributed by atoms with Crippen LogP contribution in [0.1, 0.15) is 15.9 Å². The van der Waals surface area contributed by atoms with Gasteiger partial charge in [0.15, 0.2) is 0 Å². The van der Waals surface area contributed by atoms with Crippen LogP contribution >= 0.6 is 10.7 Å². The summed E-state index contributed by atoms with van der Waals surface area (Å²) >= 11 is 0. The number of nitrogens with one attached hydrogen (secondary N) is 1. The maximum atomic E-state index is 11.9. The Morgan fingerprint density at radius 1 is 1.00 bits per heavy atom. The van der Waals surface area contributed by atoms with Crippen molar-refractivity contribution < 1.29 is 13.2 Å². The Kier molecular flexibility index (Phi) is 4.98. The van der Waals surface area contributed by atoms with Gasteiger partial charge in [-0.1, -0.05) is 30.3 Å². The van der Waals surface area contributed by atoms with Crippen LogP contribution in [-0.2, 0) is 15.5 Å². The van der Waals surface area contributed by atoms with E-state index in [2.05, 4.69) is 5.32 Å². The van der Waals surface area contributed by atoms with Gasteiger partial charge in [0.25, 0.3) is 15.0 Å². The second-order valence-electron chi connectivity index (χ2n) is 4.45. The summed E-state index contributed by atoms with van der Waals surface area (Å²) < 4.78 is 22.2. The molecule has 2 aromatic carbocycles. The van der Waals surface area contributed by atoms with Gasteiger partial charge in [0.1, 0.15) is 0 Å². The maximum Gasteiger partial charge on any atom is 0.261 e. The number of halogens is 1. The van der Waals surface area contributed by atoms with Crippen molar-refractivity contribution in [3.8, 4) is 0 Å². The van der Waals surface area contributed by atoms with Gasteiger partial charge in [-0.05, 0) is 36.2 Å². The van der Waals surface area contributed by atoms with Gasteiger partial charge in [-0.15, -0.1) is 0 Å². The number of amides is 1. The monoisotopic (exact) mass is 323 g/mol. The van der Waals surface area contributed by atoms with Crippen LogP contribution in [-0.4, -0.2) is 20.9 Å². The van der Waals surface area contributed by atoms with Crippen LogP contribution in [0, 0.1) is 0 Å². The molecule has 0 spiro atoms. The maximum absolute atomic E-state index is 11.9. The van der Waals surface area contributed by atoms with Gasteiger partial charge in [-0.25, -0.2) is 8.42 Å². The molecule has 0 aliphatic rings. The largest absolute Gasteiger partial charge is 0.352 e. The minimum Gasteiger partial charge on any atom is -0.352 e. The average Bonchev–Trinajstić information content (AvgIpc) is 2.47. The molecule has 0 atom stereocenters. The van der Waals surface area contributed by atoms with E-state index < -0.39 is 9.05 Å². The third-order valence-corrected chi connectivity index (χ3v) is 4.31. The van der Waals surface area contributed by atoms with Crippen LogP contribution in [0.3, 0.4) is 0 Å². The minimum absolute atomic E-state index is 0.0231. The molecule has 110 valence electrons. The van der Waals surface area contributed by atoms with Crippen molar-refractivity contribution in [2.75, 3.05) is 6.54 Å². The zero-order valence-corrected chi connectivity index (χ0v) is 12.7. The fraction of sp³-hybridized carbons (Fsp3) is 0.133. The summed E-state index contributed by atoms with van der Waals surface area (Å²) in [7, 11) is 1.46. The molecule has 4 nitrogen and oxygen atoms in total. The molecule has 0 aliphatic heterocycles. The fourth-order valence-electron chi connectivity index (χ4n) is 1.84. The number of carbonyl (C=O) groups excluding carboxylic acids is 1. The van der Waals surface area contributed by atoms with Gasteiger partial charge < -0.3 is 5.32 Å². The first kappa shape index (κ1) is 15.5. The van der Waals surface area contributed by atoms with Crippen molar-refractivity contribution >= 4 is 25.6 Å². The van der Waals surface area contributed by atoms with Crippen molar-refractivity contribution in [3.63, 3.8) is 0 Å². The third kappa shape index (κ3) is 4.58. The predicted molar refractivity (Wildman–Crippen MR) is 82.0 cm³/mol. The molecule has 0 unspecified atom stereocenters. The van der Waals surface area contributed by atoms with Crippen LogP contribution in [0.2, 0.25) is 0 Å². The first-order chi connectivity index (χ1) is 9.97. The minimum atomic E-state index is -3.76. The van der Waals surface area contributed by atoms with Crippen LogP contribution in [0.15, 0.2) is 59.5 Å². The van der Waals surface area contributed by atoms with Gasteiger partial charge in [0.05, 0.1) is 4.90 Å². The molecule has 2 aromatic rings. The van der Waals surface area contributed by atoms with Gasteiger partial charge in [0.2, 0.25) is 0 Å². The Balaban J connectivity index is 1.92. The lowest BCUT2D eigenvalue weighted by Gasteiger charge is -2.06. The molecule has 0 bridgehead atoms. The normalized spacial score (nSPS) is 11.1. The molecule has 0 radical (unpaired) electrons. The van der Waals surface area contributed by atoms with Gasteiger partial charge in [-0.2, -0.15) is 0 Å². The van der Waals surface area contributed by atoms with E-state index in [-0.39, 0.29) is 10.8 Å². The number of carbonyl (C=O) groups is 1. The Morgan fingerprint density at radius 3 is 2.19 bits per heavy atom. The summed E-state index contributed by atoms with van der Waals surface area (Å²) in [5, 5.41) is 2.78. The van der Waals surface area contributed by atoms with Crippen LogP contribution in [0.25, 0.3) is 0 Å². The smallest absolute Gasteiger partial charge is 0.261 e. The first-order valence-corrected chi connectivity index (χ1v) is 8.64. The highest BCUT2D eigenvalue weighted by molar-refractivity contribution is 8.13. The molecule has 0 heterocycles. The summed E-state index contributed by atoms with van der Waals surface area (Å²) in [6.45, 7) is 0.512. The SMILES string of the molecule is O=C(NCCc1ccccc1)c1ccc(S(=O)(=O)Cl)cc1. The van der Waals surface area contributed by atoms with E-state index in [4.69, 9.17) is 10.7 Å². The Morgan fingerprint density at radius 2 is 1.62 bits per heavy atom. The lowest BCUT2D eigenvalue weighted by atomic mass is 10.1. The number of hydrogen-bond acceptors (Lipinski definition) is 3. The Bertz CT molecular complexity index is 712. The van der Waals surface area contributed by atoms with Gasteiger partial charge in [0, 0.05) is 22.8 Å². The molecular weight excluding hydrogens is 310 g/mol. The molecule has 1 N–H and O–H groups in total. The molecule has 6 heteroatoms. The lowest BCUT2D eigenvalue weighted by molar-refractivity contribution is 0.0954. The highest BCUT2D eigenvalue weighted by atomic mass is 35.7. The molecule has 0 saturated heterocycles. The summed E-state index contributed by atoms with van der Waals surface area (Å²) in [5.74, 6) is -0.246. The highest BCUT2D eigenvalue weighted by Crippen LogP contribution is 2.15. The van der Waals surface area contributed by atoms with Crippen molar-refractivity contribution in [2.24, 2.45) is 0 Å². The van der Waals surface area contributed by atoms with Crippen LogP contribution in [0.4, 0.5) is 0 Å². The summed E-state index contributed by atoms with van der Waals surface area (Å²) in [5.41, 5.74) is 1.54. The molecule has 2 rings (SSSR count). The van der Waals surface area contributed by atoms with Crippen molar-refractivity contribution in [1.82, 2.24) is 5.32 Å². The summed E-state index contributed by atoms with van der Waals surface area (Å²) in [6.07, 6.45) is 0.737. The topological polar surface area (TPSA) is 63.2 Å². The fourth-order valence-corrected chi connectivity index (χ4v) is 2.61. The number of rotatable bonds is 5. The Labute approximate surface area is 128 Å². The molecule has 0 aromatic heterocycles. The highest BCUT2D eigenvalue weighted by Gasteiger charge is 2.11. The van der Waals surface area contributed by atoms with E-state index in [0.29, 0.717) is 12.1 Å². The molecule has 0 fully saturated rings. The number of hydrogen-bond donors (Lipinski definition) is 1. The quantitative estimate of drug-likeness (QED) is 0.860. The van der Waals surface area contributed by atoms with E-state index in [9.17, 15) is 13.2 Å². The van der Waals surface area contributed by atoms with E-state index in [0.717, 1.165) is 12.0 Å². The Hall–Kier alpha value is -1.85. The molecule has 0 saturated carbocycles. The molecule has 21 heavy (non-hydrogen) atoms. The zero-order chi connectivity index (χ0) is 15.3. The predicted octanol–water partition coefficient (Wildman–Crippen LogP) is 2.59. The molecule has 1 amide bonds. The van der Waals surface area contributed by atoms with Crippen molar-refractivity contribution in [2.45, 2.75) is 11.3 Å². The second-order valence-corrected chi connectivity index (χ2v) is 7.02. The van der Waals surface area contributed by atoms with E-state index in [1.54, 1.807) is 0 Å². The zero-order valence-electron chi connectivity index (χ0n) is 11.1. The van der Waals surface area contributed by atoms with E-state index in [1.165, 1.54) is 24.3 Å². The van der Waals surface area contributed by atoms with Crippen LogP contribution in [0.5, 0.6) is 0 Å².